The Morgan fingerprint density at radius 3 is 2.39 bits per heavy atom. The molecule has 18 heavy (non-hydrogen) atoms. The van der Waals surface area contributed by atoms with E-state index < -0.39 is 0 Å². The highest BCUT2D eigenvalue weighted by molar-refractivity contribution is 5.85. The first-order valence-corrected chi connectivity index (χ1v) is 6.92. The first-order chi connectivity index (χ1) is 8.57. The molecule has 4 N–H and O–H groups in total. The highest BCUT2D eigenvalue weighted by Gasteiger charge is 2.30. The van der Waals surface area contributed by atoms with Crippen molar-refractivity contribution >= 4 is 11.8 Å². The van der Waals surface area contributed by atoms with E-state index in [1.54, 1.807) is 0 Å². The first-order valence-electron chi connectivity index (χ1n) is 6.92. The summed E-state index contributed by atoms with van der Waals surface area (Å²) in [4.78, 5) is 23.2. The first kappa shape index (κ1) is 13.3. The standard InChI is InChI=1S/C13H23N3O2/c14-13(6-2-1-3-7-13)8-11(17)15-9-12(18)16-10-4-5-10/h10H,1-9,14H2,(H,15,17)(H,16,18). The average molecular weight is 253 g/mol. The third kappa shape index (κ3) is 4.29. The third-order valence-corrected chi connectivity index (χ3v) is 3.75. The van der Waals surface area contributed by atoms with Crippen molar-refractivity contribution in [2.24, 2.45) is 5.73 Å². The monoisotopic (exact) mass is 253 g/mol. The van der Waals surface area contributed by atoms with E-state index in [9.17, 15) is 9.59 Å². The zero-order valence-electron chi connectivity index (χ0n) is 10.8. The molecule has 0 heterocycles. The minimum Gasteiger partial charge on any atom is -0.352 e. The summed E-state index contributed by atoms with van der Waals surface area (Å²) in [6.45, 7) is 0.0748. The van der Waals surface area contributed by atoms with Crippen molar-refractivity contribution in [3.8, 4) is 0 Å². The van der Waals surface area contributed by atoms with Gasteiger partial charge in [-0.25, -0.2) is 0 Å². The fraction of sp³-hybridized carbons (Fsp3) is 0.846. The van der Waals surface area contributed by atoms with Gasteiger partial charge in [0, 0.05) is 18.0 Å². The van der Waals surface area contributed by atoms with Crippen molar-refractivity contribution in [2.45, 2.75) is 62.9 Å². The van der Waals surface area contributed by atoms with Crippen LogP contribution in [0.5, 0.6) is 0 Å². The topological polar surface area (TPSA) is 84.2 Å². The number of nitrogens with one attached hydrogen (secondary N) is 2. The van der Waals surface area contributed by atoms with Gasteiger partial charge in [-0.15, -0.1) is 0 Å². The van der Waals surface area contributed by atoms with Gasteiger partial charge in [-0.3, -0.25) is 9.59 Å². The molecule has 0 aromatic heterocycles. The van der Waals surface area contributed by atoms with Crippen LogP contribution < -0.4 is 16.4 Å². The SMILES string of the molecule is NC1(CC(=O)NCC(=O)NC2CC2)CCCCC1. The van der Waals surface area contributed by atoms with Crippen LogP contribution >= 0.6 is 0 Å². The van der Waals surface area contributed by atoms with E-state index in [1.807, 2.05) is 0 Å². The minimum atomic E-state index is -0.352. The van der Waals surface area contributed by atoms with Gasteiger partial charge in [0.05, 0.1) is 6.54 Å². The molecule has 2 fully saturated rings. The summed E-state index contributed by atoms with van der Waals surface area (Å²) in [6, 6.07) is 0.341. The molecule has 0 spiro atoms. The molecule has 0 unspecified atom stereocenters. The second kappa shape index (κ2) is 5.69. The predicted molar refractivity (Wildman–Crippen MR) is 68.8 cm³/mol. The van der Waals surface area contributed by atoms with Crippen LogP contribution in [0.1, 0.15) is 51.4 Å². The Morgan fingerprint density at radius 1 is 1.11 bits per heavy atom. The third-order valence-electron chi connectivity index (χ3n) is 3.75. The van der Waals surface area contributed by atoms with Crippen molar-refractivity contribution in [1.82, 2.24) is 10.6 Å². The fourth-order valence-corrected chi connectivity index (χ4v) is 2.50. The number of nitrogens with two attached hydrogens (primary N) is 1. The molecule has 2 aliphatic carbocycles. The molecular weight excluding hydrogens is 230 g/mol. The summed E-state index contributed by atoms with van der Waals surface area (Å²) in [7, 11) is 0. The molecule has 5 heteroatoms. The Balaban J connectivity index is 1.65. The molecule has 2 amide bonds. The van der Waals surface area contributed by atoms with E-state index in [-0.39, 0.29) is 23.9 Å². The van der Waals surface area contributed by atoms with Crippen LogP contribution in [-0.2, 0) is 9.59 Å². The molecule has 0 saturated heterocycles. The minimum absolute atomic E-state index is 0.0748. The Morgan fingerprint density at radius 2 is 1.78 bits per heavy atom. The van der Waals surface area contributed by atoms with E-state index in [4.69, 9.17) is 5.73 Å². The van der Waals surface area contributed by atoms with E-state index >= 15 is 0 Å². The molecule has 0 aliphatic heterocycles. The zero-order chi connectivity index (χ0) is 13.0. The van der Waals surface area contributed by atoms with Gasteiger partial charge in [0.2, 0.25) is 11.8 Å². The summed E-state index contributed by atoms with van der Waals surface area (Å²) in [5, 5.41) is 5.49. The van der Waals surface area contributed by atoms with Crippen molar-refractivity contribution in [1.29, 1.82) is 0 Å². The van der Waals surface area contributed by atoms with Gasteiger partial charge in [0.15, 0.2) is 0 Å². The van der Waals surface area contributed by atoms with Crippen molar-refractivity contribution in [3.05, 3.63) is 0 Å². The van der Waals surface area contributed by atoms with Gasteiger partial charge in [-0.1, -0.05) is 19.3 Å². The summed E-state index contributed by atoms with van der Waals surface area (Å²) in [6.07, 6.45) is 7.70. The molecular formula is C13H23N3O2. The molecule has 0 atom stereocenters. The average Bonchev–Trinajstić information content (AvgIpc) is 3.11. The van der Waals surface area contributed by atoms with Crippen molar-refractivity contribution < 1.29 is 9.59 Å². The maximum absolute atomic E-state index is 11.8. The normalized spacial score (nSPS) is 22.3. The fourth-order valence-electron chi connectivity index (χ4n) is 2.50. The summed E-state index contributed by atoms with van der Waals surface area (Å²) >= 11 is 0. The van der Waals surface area contributed by atoms with Gasteiger partial charge >= 0.3 is 0 Å². The van der Waals surface area contributed by atoms with E-state index in [2.05, 4.69) is 10.6 Å². The van der Waals surface area contributed by atoms with Gasteiger partial charge in [0.25, 0.3) is 0 Å². The quantitative estimate of drug-likeness (QED) is 0.664. The van der Waals surface area contributed by atoms with Gasteiger partial charge in [-0.2, -0.15) is 0 Å². The summed E-state index contributed by atoms with van der Waals surface area (Å²) in [5.74, 6) is -0.203. The number of carbonyl (C=O) groups excluding carboxylic acids is 2. The molecule has 2 rings (SSSR count). The van der Waals surface area contributed by atoms with Gasteiger partial charge in [0.1, 0.15) is 0 Å². The molecule has 2 saturated carbocycles. The van der Waals surface area contributed by atoms with Crippen molar-refractivity contribution in [2.75, 3.05) is 6.54 Å². The highest BCUT2D eigenvalue weighted by atomic mass is 16.2. The smallest absolute Gasteiger partial charge is 0.239 e. The maximum atomic E-state index is 11.8. The number of amides is 2. The lowest BCUT2D eigenvalue weighted by atomic mass is 9.80. The van der Waals surface area contributed by atoms with Crippen LogP contribution in [-0.4, -0.2) is 29.9 Å². The summed E-state index contributed by atoms with van der Waals surface area (Å²) < 4.78 is 0. The van der Waals surface area contributed by atoms with E-state index in [0.717, 1.165) is 38.5 Å². The Hall–Kier alpha value is -1.10. The largest absolute Gasteiger partial charge is 0.352 e. The van der Waals surface area contributed by atoms with Crippen molar-refractivity contribution in [3.63, 3.8) is 0 Å². The number of hydrogen-bond acceptors (Lipinski definition) is 3. The zero-order valence-corrected chi connectivity index (χ0v) is 10.8. The maximum Gasteiger partial charge on any atom is 0.239 e. The molecule has 2 aliphatic rings. The molecule has 0 aromatic rings. The molecule has 0 bridgehead atoms. The Bertz CT molecular complexity index is 320. The molecule has 0 aromatic carbocycles. The van der Waals surface area contributed by atoms with Crippen LogP contribution in [0.2, 0.25) is 0 Å². The lowest BCUT2D eigenvalue weighted by Crippen LogP contribution is -2.47. The Labute approximate surface area is 108 Å². The molecule has 102 valence electrons. The van der Waals surface area contributed by atoms with Crippen LogP contribution in [0.3, 0.4) is 0 Å². The predicted octanol–water partition coefficient (Wildman–Crippen LogP) is 0.433. The highest BCUT2D eigenvalue weighted by Crippen LogP contribution is 2.28. The molecule has 5 nitrogen and oxygen atoms in total. The van der Waals surface area contributed by atoms with Crippen LogP contribution in [0.15, 0.2) is 0 Å². The van der Waals surface area contributed by atoms with Crippen LogP contribution in [0, 0.1) is 0 Å². The van der Waals surface area contributed by atoms with Crippen LogP contribution in [0.25, 0.3) is 0 Å². The summed E-state index contributed by atoms with van der Waals surface area (Å²) in [5.41, 5.74) is 5.84. The number of rotatable bonds is 5. The lowest BCUT2D eigenvalue weighted by Gasteiger charge is -2.32. The molecule has 0 radical (unpaired) electrons. The van der Waals surface area contributed by atoms with Gasteiger partial charge in [-0.05, 0) is 25.7 Å². The van der Waals surface area contributed by atoms with Gasteiger partial charge < -0.3 is 16.4 Å². The van der Waals surface area contributed by atoms with E-state index in [1.165, 1.54) is 6.42 Å². The lowest BCUT2D eigenvalue weighted by molar-refractivity contribution is -0.127. The second-order valence-electron chi connectivity index (χ2n) is 5.72. The van der Waals surface area contributed by atoms with Crippen LogP contribution in [0.4, 0.5) is 0 Å². The van der Waals surface area contributed by atoms with E-state index in [0.29, 0.717) is 12.5 Å². The number of hydrogen-bond donors (Lipinski definition) is 3. The number of carbonyl (C=O) groups is 2. The Kier molecular flexibility index (Phi) is 4.22. The second-order valence-corrected chi connectivity index (χ2v) is 5.72.